The van der Waals surface area contributed by atoms with Crippen LogP contribution in [0.25, 0.3) is 0 Å². The van der Waals surface area contributed by atoms with Gasteiger partial charge in [-0.15, -0.1) is 0 Å². The minimum Gasteiger partial charge on any atom is -0.491 e. The summed E-state index contributed by atoms with van der Waals surface area (Å²) in [5.74, 6) is -0.181. The van der Waals surface area contributed by atoms with Gasteiger partial charge in [0.25, 0.3) is 0 Å². The highest BCUT2D eigenvalue weighted by atomic mass is 19.1. The maximum atomic E-state index is 13.9. The first-order valence-electron chi connectivity index (χ1n) is 5.11. The monoisotopic (exact) mass is 209 g/mol. The standard InChI is InChI=1S/C12H16FNO/c1-4-9-6-7-10(15-5-2)12(13)11(9)8(3)14/h6-7,14H,4-5H2,1-3H3. The van der Waals surface area contributed by atoms with Crippen molar-refractivity contribution in [3.63, 3.8) is 0 Å². The Morgan fingerprint density at radius 3 is 2.53 bits per heavy atom. The lowest BCUT2D eigenvalue weighted by atomic mass is 10.0. The Morgan fingerprint density at radius 1 is 1.40 bits per heavy atom. The van der Waals surface area contributed by atoms with Gasteiger partial charge < -0.3 is 10.1 Å². The maximum Gasteiger partial charge on any atom is 0.174 e. The number of hydrogen-bond acceptors (Lipinski definition) is 2. The maximum absolute atomic E-state index is 13.9. The van der Waals surface area contributed by atoms with Gasteiger partial charge in [-0.3, -0.25) is 0 Å². The molecule has 1 rings (SSSR count). The number of benzene rings is 1. The van der Waals surface area contributed by atoms with E-state index in [1.54, 1.807) is 13.0 Å². The summed E-state index contributed by atoms with van der Waals surface area (Å²) in [5, 5.41) is 7.55. The zero-order chi connectivity index (χ0) is 11.4. The van der Waals surface area contributed by atoms with Crippen molar-refractivity contribution in [1.82, 2.24) is 0 Å². The summed E-state index contributed by atoms with van der Waals surface area (Å²) in [6.45, 7) is 5.78. The predicted molar refractivity (Wildman–Crippen MR) is 59.4 cm³/mol. The molecule has 15 heavy (non-hydrogen) atoms. The fraction of sp³-hybridized carbons (Fsp3) is 0.417. The van der Waals surface area contributed by atoms with Gasteiger partial charge in [-0.1, -0.05) is 13.0 Å². The molecule has 0 spiro atoms. The molecule has 0 unspecified atom stereocenters. The Bertz CT molecular complexity index is 374. The molecule has 3 heteroatoms. The molecular weight excluding hydrogens is 193 g/mol. The van der Waals surface area contributed by atoms with Crippen LogP contribution in [0.5, 0.6) is 5.75 Å². The Morgan fingerprint density at radius 2 is 2.07 bits per heavy atom. The molecule has 0 radical (unpaired) electrons. The first kappa shape index (κ1) is 11.7. The Kier molecular flexibility index (Phi) is 3.83. The fourth-order valence-corrected chi connectivity index (χ4v) is 1.56. The summed E-state index contributed by atoms with van der Waals surface area (Å²) in [7, 11) is 0. The highest BCUT2D eigenvalue weighted by Crippen LogP contribution is 2.24. The second-order valence-corrected chi connectivity index (χ2v) is 3.32. The summed E-state index contributed by atoms with van der Waals surface area (Å²) in [6, 6.07) is 3.45. The summed E-state index contributed by atoms with van der Waals surface area (Å²) in [6.07, 6.45) is 0.717. The van der Waals surface area contributed by atoms with E-state index >= 15 is 0 Å². The van der Waals surface area contributed by atoms with Crippen molar-refractivity contribution in [2.45, 2.75) is 27.2 Å². The van der Waals surface area contributed by atoms with E-state index in [-0.39, 0.29) is 11.5 Å². The number of ether oxygens (including phenoxy) is 1. The van der Waals surface area contributed by atoms with Crippen molar-refractivity contribution in [3.8, 4) is 5.75 Å². The molecule has 0 fully saturated rings. The number of hydrogen-bond donors (Lipinski definition) is 1. The van der Waals surface area contributed by atoms with Crippen LogP contribution in [0.3, 0.4) is 0 Å². The van der Waals surface area contributed by atoms with E-state index < -0.39 is 5.82 Å². The predicted octanol–water partition coefficient (Wildman–Crippen LogP) is 3.17. The molecule has 1 aromatic carbocycles. The summed E-state index contributed by atoms with van der Waals surface area (Å²) >= 11 is 0. The molecule has 0 aliphatic rings. The number of rotatable bonds is 4. The smallest absolute Gasteiger partial charge is 0.174 e. The first-order chi connectivity index (χ1) is 7.11. The molecule has 0 aliphatic carbocycles. The minimum absolute atomic E-state index is 0.233. The number of aryl methyl sites for hydroxylation is 1. The molecular formula is C12H16FNO. The molecule has 0 bridgehead atoms. The van der Waals surface area contributed by atoms with Gasteiger partial charge in [-0.05, 0) is 31.9 Å². The molecule has 0 aliphatic heterocycles. The van der Waals surface area contributed by atoms with Gasteiger partial charge in [0.05, 0.1) is 6.61 Å². The van der Waals surface area contributed by atoms with Crippen molar-refractivity contribution in [2.75, 3.05) is 6.61 Å². The zero-order valence-corrected chi connectivity index (χ0v) is 9.36. The number of halogens is 1. The van der Waals surface area contributed by atoms with Crippen molar-refractivity contribution in [2.24, 2.45) is 0 Å². The summed E-state index contributed by atoms with van der Waals surface area (Å²) in [4.78, 5) is 0. The van der Waals surface area contributed by atoms with Crippen LogP contribution in [0.2, 0.25) is 0 Å². The van der Waals surface area contributed by atoms with E-state index in [1.165, 1.54) is 0 Å². The third-order valence-electron chi connectivity index (χ3n) is 2.25. The van der Waals surface area contributed by atoms with Crippen LogP contribution in [-0.4, -0.2) is 12.3 Å². The lowest BCUT2D eigenvalue weighted by Gasteiger charge is -2.12. The van der Waals surface area contributed by atoms with Gasteiger partial charge in [0.2, 0.25) is 0 Å². The second-order valence-electron chi connectivity index (χ2n) is 3.32. The normalized spacial score (nSPS) is 10.1. The van der Waals surface area contributed by atoms with Gasteiger partial charge in [0, 0.05) is 11.3 Å². The Hall–Kier alpha value is -1.38. The second kappa shape index (κ2) is 4.91. The topological polar surface area (TPSA) is 33.1 Å². The molecule has 0 atom stereocenters. The van der Waals surface area contributed by atoms with E-state index in [0.29, 0.717) is 12.2 Å². The first-order valence-corrected chi connectivity index (χ1v) is 5.11. The summed E-state index contributed by atoms with van der Waals surface area (Å²) in [5.41, 5.74) is 1.47. The van der Waals surface area contributed by atoms with Crippen LogP contribution in [0.4, 0.5) is 4.39 Å². The average molecular weight is 209 g/mol. The van der Waals surface area contributed by atoms with Gasteiger partial charge >= 0.3 is 0 Å². The van der Waals surface area contributed by atoms with Gasteiger partial charge in [-0.2, -0.15) is 0 Å². The molecule has 82 valence electrons. The third kappa shape index (κ3) is 2.35. The van der Waals surface area contributed by atoms with Crippen molar-refractivity contribution >= 4 is 5.71 Å². The molecule has 1 N–H and O–H groups in total. The molecule has 0 amide bonds. The van der Waals surface area contributed by atoms with Crippen LogP contribution in [0.1, 0.15) is 31.9 Å². The molecule has 0 saturated carbocycles. The Labute approximate surface area is 89.6 Å². The summed E-state index contributed by atoms with van der Waals surface area (Å²) < 4.78 is 19.0. The molecule has 2 nitrogen and oxygen atoms in total. The van der Waals surface area contributed by atoms with E-state index in [0.717, 1.165) is 12.0 Å². The minimum atomic E-state index is -0.413. The molecule has 0 aromatic heterocycles. The van der Waals surface area contributed by atoms with Crippen LogP contribution in [0.15, 0.2) is 12.1 Å². The zero-order valence-electron chi connectivity index (χ0n) is 9.36. The van der Waals surface area contributed by atoms with Crippen LogP contribution in [-0.2, 0) is 6.42 Å². The largest absolute Gasteiger partial charge is 0.491 e. The van der Waals surface area contributed by atoms with Crippen molar-refractivity contribution in [3.05, 3.63) is 29.1 Å². The lowest BCUT2D eigenvalue weighted by Crippen LogP contribution is -2.06. The van der Waals surface area contributed by atoms with Gasteiger partial charge in [0.15, 0.2) is 11.6 Å². The van der Waals surface area contributed by atoms with Crippen molar-refractivity contribution in [1.29, 1.82) is 5.41 Å². The SMILES string of the molecule is CCOc1ccc(CC)c(C(C)=N)c1F. The van der Waals surface area contributed by atoms with Crippen LogP contribution in [0, 0.1) is 11.2 Å². The van der Waals surface area contributed by atoms with E-state index in [2.05, 4.69) is 0 Å². The van der Waals surface area contributed by atoms with Crippen LogP contribution >= 0.6 is 0 Å². The van der Waals surface area contributed by atoms with E-state index in [9.17, 15) is 4.39 Å². The highest BCUT2D eigenvalue weighted by molar-refractivity contribution is 5.98. The Balaban J connectivity index is 3.29. The molecule has 0 saturated heterocycles. The average Bonchev–Trinajstić information content (AvgIpc) is 2.20. The highest BCUT2D eigenvalue weighted by Gasteiger charge is 2.14. The van der Waals surface area contributed by atoms with Gasteiger partial charge in [-0.25, -0.2) is 4.39 Å². The molecule has 1 aromatic rings. The lowest BCUT2D eigenvalue weighted by molar-refractivity contribution is 0.321. The molecule has 0 heterocycles. The van der Waals surface area contributed by atoms with Crippen molar-refractivity contribution < 1.29 is 9.13 Å². The fourth-order valence-electron chi connectivity index (χ4n) is 1.56. The van der Waals surface area contributed by atoms with E-state index in [1.807, 2.05) is 19.9 Å². The van der Waals surface area contributed by atoms with Gasteiger partial charge in [0.1, 0.15) is 0 Å². The number of nitrogens with one attached hydrogen (secondary N) is 1. The van der Waals surface area contributed by atoms with Crippen LogP contribution < -0.4 is 4.74 Å². The third-order valence-corrected chi connectivity index (χ3v) is 2.25. The van der Waals surface area contributed by atoms with E-state index in [4.69, 9.17) is 10.1 Å². The quantitative estimate of drug-likeness (QED) is 0.759.